The molecule has 0 saturated carbocycles. The smallest absolute Gasteiger partial charge is 0.258 e. The van der Waals surface area contributed by atoms with Crippen LogP contribution in [0.1, 0.15) is 33.4 Å². The summed E-state index contributed by atoms with van der Waals surface area (Å²) in [4.78, 5) is 24.2. The van der Waals surface area contributed by atoms with Crippen LogP contribution in [0, 0.1) is 6.92 Å². The van der Waals surface area contributed by atoms with E-state index in [2.05, 4.69) is 38.1 Å². The van der Waals surface area contributed by atoms with Crippen LogP contribution >= 0.6 is 11.6 Å². The Morgan fingerprint density at radius 3 is 2.36 bits per heavy atom. The first-order valence-electron chi connectivity index (χ1n) is 12.1. The first-order chi connectivity index (χ1) is 17.5. The summed E-state index contributed by atoms with van der Waals surface area (Å²) in [6, 6.07) is 22.1. The molecule has 0 N–H and O–H groups in total. The standard InChI is InChI=1S/C28H26ClN5O2/c1-18-30-27(31-36-18)19-11-12-25(23(29)17-19)33-13-15-34(16-14-33)26-20-7-3-4-8-21(20)28(35)32(2)24-10-6-5-9-22(24)26/h3-12,17,26H,13-16H2,1-2H3. The minimum absolute atomic E-state index is 0.00720. The predicted octanol–water partition coefficient (Wildman–Crippen LogP) is 5.20. The molecule has 7 nitrogen and oxygen atoms in total. The molecule has 6 rings (SSSR count). The Hall–Kier alpha value is -3.68. The third-order valence-electron chi connectivity index (χ3n) is 7.14. The molecule has 0 spiro atoms. The van der Waals surface area contributed by atoms with Crippen molar-refractivity contribution in [1.29, 1.82) is 0 Å². The second-order valence-electron chi connectivity index (χ2n) is 9.24. The summed E-state index contributed by atoms with van der Waals surface area (Å²) in [6.45, 7) is 5.10. The van der Waals surface area contributed by atoms with E-state index in [1.165, 1.54) is 0 Å². The molecular formula is C28H26ClN5O2. The monoisotopic (exact) mass is 499 g/mol. The molecule has 1 saturated heterocycles. The molecule has 2 aliphatic rings. The molecule has 0 radical (unpaired) electrons. The topological polar surface area (TPSA) is 65.7 Å². The average molecular weight is 500 g/mol. The fourth-order valence-electron chi connectivity index (χ4n) is 5.35. The lowest BCUT2D eigenvalue weighted by Gasteiger charge is -2.41. The van der Waals surface area contributed by atoms with Crippen molar-refractivity contribution in [2.75, 3.05) is 43.0 Å². The third-order valence-corrected chi connectivity index (χ3v) is 7.44. The van der Waals surface area contributed by atoms with Crippen LogP contribution in [-0.4, -0.2) is 54.2 Å². The molecule has 1 amide bonds. The number of amides is 1. The van der Waals surface area contributed by atoms with E-state index in [0.717, 1.165) is 59.8 Å². The van der Waals surface area contributed by atoms with Crippen molar-refractivity contribution in [3.8, 4) is 11.4 Å². The Labute approximate surface area is 214 Å². The van der Waals surface area contributed by atoms with Gasteiger partial charge in [0.15, 0.2) is 0 Å². The normalized spacial score (nSPS) is 18.1. The summed E-state index contributed by atoms with van der Waals surface area (Å²) in [5.74, 6) is 1.09. The maximum absolute atomic E-state index is 13.3. The first kappa shape index (κ1) is 22.8. The van der Waals surface area contributed by atoms with E-state index in [-0.39, 0.29) is 11.9 Å². The van der Waals surface area contributed by atoms with Gasteiger partial charge in [-0.25, -0.2) is 0 Å². The molecule has 4 aromatic rings. The summed E-state index contributed by atoms with van der Waals surface area (Å²) in [6.07, 6.45) is 0. The van der Waals surface area contributed by atoms with Crippen molar-refractivity contribution in [3.63, 3.8) is 0 Å². The molecule has 1 atom stereocenters. The van der Waals surface area contributed by atoms with Crippen molar-refractivity contribution in [1.82, 2.24) is 15.0 Å². The average Bonchev–Trinajstić information content (AvgIpc) is 3.32. The highest BCUT2D eigenvalue weighted by molar-refractivity contribution is 6.33. The summed E-state index contributed by atoms with van der Waals surface area (Å²) >= 11 is 6.71. The van der Waals surface area contributed by atoms with Crippen molar-refractivity contribution in [2.45, 2.75) is 13.0 Å². The van der Waals surface area contributed by atoms with E-state index in [4.69, 9.17) is 16.1 Å². The van der Waals surface area contributed by atoms with Crippen LogP contribution < -0.4 is 9.80 Å². The van der Waals surface area contributed by atoms with Crippen molar-refractivity contribution in [2.24, 2.45) is 0 Å². The number of para-hydroxylation sites is 1. The van der Waals surface area contributed by atoms with Gasteiger partial charge in [0.1, 0.15) is 0 Å². The van der Waals surface area contributed by atoms with Crippen LogP contribution in [0.2, 0.25) is 5.02 Å². The van der Waals surface area contributed by atoms with Gasteiger partial charge in [-0.1, -0.05) is 53.2 Å². The van der Waals surface area contributed by atoms with Crippen molar-refractivity contribution >= 4 is 28.9 Å². The summed E-state index contributed by atoms with van der Waals surface area (Å²) in [7, 11) is 1.86. The van der Waals surface area contributed by atoms with E-state index in [1.807, 2.05) is 55.6 Å². The van der Waals surface area contributed by atoms with Gasteiger partial charge in [0.05, 0.1) is 16.8 Å². The highest BCUT2D eigenvalue weighted by Crippen LogP contribution is 2.41. The van der Waals surface area contributed by atoms with Crippen LogP contribution in [0.3, 0.4) is 0 Å². The zero-order valence-corrected chi connectivity index (χ0v) is 20.9. The summed E-state index contributed by atoms with van der Waals surface area (Å²) in [5.41, 5.74) is 5.77. The number of fused-ring (bicyclic) bond motifs is 2. The van der Waals surface area contributed by atoms with Gasteiger partial charge in [-0.2, -0.15) is 4.98 Å². The maximum atomic E-state index is 13.3. The lowest BCUT2D eigenvalue weighted by molar-refractivity contribution is 0.0992. The maximum Gasteiger partial charge on any atom is 0.258 e. The van der Waals surface area contributed by atoms with Crippen LogP contribution in [0.15, 0.2) is 71.3 Å². The lowest BCUT2D eigenvalue weighted by Crippen LogP contribution is -2.48. The fourth-order valence-corrected chi connectivity index (χ4v) is 5.65. The Morgan fingerprint density at radius 2 is 1.64 bits per heavy atom. The highest BCUT2D eigenvalue weighted by atomic mass is 35.5. The predicted molar refractivity (Wildman–Crippen MR) is 141 cm³/mol. The zero-order chi connectivity index (χ0) is 24.8. The molecule has 36 heavy (non-hydrogen) atoms. The zero-order valence-electron chi connectivity index (χ0n) is 20.2. The van der Waals surface area contributed by atoms with Gasteiger partial charge in [-0.05, 0) is 41.5 Å². The van der Waals surface area contributed by atoms with Gasteiger partial charge in [0.25, 0.3) is 5.91 Å². The number of piperazine rings is 1. The Morgan fingerprint density at radius 1 is 0.917 bits per heavy atom. The number of hydrogen-bond acceptors (Lipinski definition) is 6. The summed E-state index contributed by atoms with van der Waals surface area (Å²) < 4.78 is 5.10. The number of benzene rings is 3. The van der Waals surface area contributed by atoms with Gasteiger partial charge in [-0.15, -0.1) is 0 Å². The molecule has 1 fully saturated rings. The van der Waals surface area contributed by atoms with Crippen molar-refractivity contribution in [3.05, 3.63) is 94.3 Å². The van der Waals surface area contributed by atoms with Gasteiger partial charge >= 0.3 is 0 Å². The minimum atomic E-state index is 0.00720. The SMILES string of the molecule is Cc1nc(-c2ccc(N3CCN(C4c5ccccc5C(=O)N(C)c5ccccc54)CC3)c(Cl)c2)no1. The largest absolute Gasteiger partial charge is 0.368 e. The molecule has 1 aromatic heterocycles. The molecule has 3 aromatic carbocycles. The molecule has 3 heterocycles. The van der Waals surface area contributed by atoms with Crippen LogP contribution in [0.25, 0.3) is 11.4 Å². The molecular weight excluding hydrogens is 474 g/mol. The Balaban J connectivity index is 1.28. The molecule has 2 aliphatic heterocycles. The second kappa shape index (κ2) is 9.08. The van der Waals surface area contributed by atoms with Gasteiger partial charge in [-0.3, -0.25) is 9.69 Å². The highest BCUT2D eigenvalue weighted by Gasteiger charge is 2.35. The second-order valence-corrected chi connectivity index (χ2v) is 9.65. The number of anilines is 2. The number of hydrogen-bond donors (Lipinski definition) is 0. The quantitative estimate of drug-likeness (QED) is 0.386. The minimum Gasteiger partial charge on any atom is -0.368 e. The van der Waals surface area contributed by atoms with E-state index in [9.17, 15) is 4.79 Å². The van der Waals surface area contributed by atoms with Gasteiger partial charge in [0, 0.05) is 57.0 Å². The number of carbonyl (C=O) groups is 1. The molecule has 8 heteroatoms. The van der Waals surface area contributed by atoms with Crippen molar-refractivity contribution < 1.29 is 9.32 Å². The fraction of sp³-hybridized carbons (Fsp3) is 0.250. The van der Waals surface area contributed by atoms with E-state index >= 15 is 0 Å². The number of aromatic nitrogens is 2. The van der Waals surface area contributed by atoms with E-state index in [0.29, 0.717) is 16.7 Å². The molecule has 0 aliphatic carbocycles. The molecule has 1 unspecified atom stereocenters. The molecule has 182 valence electrons. The number of rotatable bonds is 3. The van der Waals surface area contributed by atoms with Crippen LogP contribution in [0.5, 0.6) is 0 Å². The van der Waals surface area contributed by atoms with E-state index in [1.54, 1.807) is 11.8 Å². The number of aryl methyl sites for hydroxylation is 1. The van der Waals surface area contributed by atoms with Crippen LogP contribution in [-0.2, 0) is 0 Å². The van der Waals surface area contributed by atoms with Gasteiger partial charge < -0.3 is 14.3 Å². The summed E-state index contributed by atoms with van der Waals surface area (Å²) in [5, 5.41) is 4.66. The Kier molecular flexibility index (Phi) is 5.74. The van der Waals surface area contributed by atoms with Crippen LogP contribution in [0.4, 0.5) is 11.4 Å². The molecule has 0 bridgehead atoms. The third kappa shape index (κ3) is 3.85. The number of halogens is 1. The Bertz CT molecular complexity index is 1440. The number of nitrogens with zero attached hydrogens (tertiary/aromatic N) is 5. The van der Waals surface area contributed by atoms with E-state index < -0.39 is 0 Å². The van der Waals surface area contributed by atoms with Gasteiger partial charge in [0.2, 0.25) is 11.7 Å². The first-order valence-corrected chi connectivity index (χ1v) is 12.4. The lowest BCUT2D eigenvalue weighted by atomic mass is 9.93. The number of carbonyl (C=O) groups excluding carboxylic acids is 1.